The number of ether oxygens (including phenoxy) is 1. The molecule has 0 spiro atoms. The Morgan fingerprint density at radius 2 is 1.85 bits per heavy atom. The molecule has 0 radical (unpaired) electrons. The van der Waals surface area contributed by atoms with Crippen LogP contribution in [0.2, 0.25) is 0 Å². The Morgan fingerprint density at radius 1 is 1.04 bits per heavy atom. The number of nitrogens with one attached hydrogen (secondary N) is 2. The van der Waals surface area contributed by atoms with Gasteiger partial charge in [0.25, 0.3) is 5.91 Å². The number of esters is 1. The van der Waals surface area contributed by atoms with E-state index in [0.29, 0.717) is 23.0 Å². The highest BCUT2D eigenvalue weighted by molar-refractivity contribution is 7.80. The molecule has 7 heteroatoms. The zero-order chi connectivity index (χ0) is 18.5. The number of cyclic esters (lactones) is 1. The van der Waals surface area contributed by atoms with Gasteiger partial charge < -0.3 is 10.1 Å². The molecule has 2 N–H and O–H groups in total. The maximum atomic E-state index is 11.8. The molecule has 5 rings (SSSR count). The van der Waals surface area contributed by atoms with Crippen molar-refractivity contribution < 1.29 is 14.3 Å². The molecule has 1 amide bonds. The van der Waals surface area contributed by atoms with Crippen LogP contribution in [0.4, 0.5) is 0 Å². The monoisotopic (exact) mass is 392 g/mol. The van der Waals surface area contributed by atoms with Crippen LogP contribution in [-0.4, -0.2) is 17.0 Å². The van der Waals surface area contributed by atoms with E-state index >= 15 is 0 Å². The lowest BCUT2D eigenvalue weighted by Crippen LogP contribution is -2.21. The van der Waals surface area contributed by atoms with Crippen molar-refractivity contribution in [2.24, 2.45) is 0 Å². The summed E-state index contributed by atoms with van der Waals surface area (Å²) in [6.07, 6.45) is 1.80. The topological polar surface area (TPSA) is 67.4 Å². The normalized spacial score (nSPS) is 17.2. The van der Waals surface area contributed by atoms with Gasteiger partial charge in [0.05, 0.1) is 5.56 Å². The molecule has 1 fully saturated rings. The fourth-order valence-electron chi connectivity index (χ4n) is 3.25. The van der Waals surface area contributed by atoms with E-state index in [4.69, 9.17) is 17.0 Å². The van der Waals surface area contributed by atoms with Gasteiger partial charge in [0.15, 0.2) is 5.11 Å². The summed E-state index contributed by atoms with van der Waals surface area (Å²) in [5, 5.41) is 6.84. The molecule has 2 aliphatic rings. The molecule has 1 saturated heterocycles. The van der Waals surface area contributed by atoms with Crippen LogP contribution < -0.4 is 10.6 Å². The van der Waals surface area contributed by atoms with E-state index in [-0.39, 0.29) is 11.9 Å². The molecule has 27 heavy (non-hydrogen) atoms. The third kappa shape index (κ3) is 2.81. The van der Waals surface area contributed by atoms with Gasteiger partial charge in [0.2, 0.25) is 0 Å². The minimum atomic E-state index is -0.258. The number of hydrogen-bond donors (Lipinski definition) is 2. The zero-order valence-electron chi connectivity index (χ0n) is 13.9. The molecule has 0 atom stereocenters. The highest BCUT2D eigenvalue weighted by atomic mass is 32.1. The molecule has 2 aromatic carbocycles. The quantitative estimate of drug-likeness (QED) is 0.396. The SMILES string of the molecule is O=C1NC(=S)N/C1=C\c1cc2cc(-c3ccc4c(c3)COC4=O)ccc2s1. The number of fused-ring (bicyclic) bond motifs is 2. The summed E-state index contributed by atoms with van der Waals surface area (Å²) < 4.78 is 6.21. The number of carbonyl (C=O) groups is 2. The predicted molar refractivity (Wildman–Crippen MR) is 108 cm³/mol. The number of carbonyl (C=O) groups excluding carboxylic acids is 2. The van der Waals surface area contributed by atoms with E-state index in [1.807, 2.05) is 24.3 Å². The second-order valence-corrected chi connectivity index (χ2v) is 7.84. The Hall–Kier alpha value is -3.03. The zero-order valence-corrected chi connectivity index (χ0v) is 15.5. The van der Waals surface area contributed by atoms with Gasteiger partial charge in [-0.3, -0.25) is 10.1 Å². The summed E-state index contributed by atoms with van der Waals surface area (Å²) in [5.41, 5.74) is 4.13. The number of hydrogen-bond acceptors (Lipinski definition) is 5. The highest BCUT2D eigenvalue weighted by Crippen LogP contribution is 2.33. The predicted octanol–water partition coefficient (Wildman–Crippen LogP) is 3.58. The van der Waals surface area contributed by atoms with E-state index in [1.54, 1.807) is 17.4 Å². The fraction of sp³-hybridized carbons (Fsp3) is 0.0500. The average Bonchev–Trinajstić information content (AvgIpc) is 3.31. The molecule has 1 aromatic heterocycles. The lowest BCUT2D eigenvalue weighted by Gasteiger charge is -2.03. The minimum Gasteiger partial charge on any atom is -0.457 e. The van der Waals surface area contributed by atoms with E-state index in [0.717, 1.165) is 31.7 Å². The van der Waals surface area contributed by atoms with Crippen LogP contribution in [0.1, 0.15) is 20.8 Å². The maximum absolute atomic E-state index is 11.8. The minimum absolute atomic E-state index is 0.215. The van der Waals surface area contributed by atoms with Crippen molar-refractivity contribution in [2.75, 3.05) is 0 Å². The average molecular weight is 392 g/mol. The van der Waals surface area contributed by atoms with Gasteiger partial charge in [0, 0.05) is 15.1 Å². The van der Waals surface area contributed by atoms with Crippen LogP contribution >= 0.6 is 23.6 Å². The molecule has 0 unspecified atom stereocenters. The Morgan fingerprint density at radius 3 is 2.67 bits per heavy atom. The van der Waals surface area contributed by atoms with Crippen molar-refractivity contribution in [1.82, 2.24) is 10.6 Å². The van der Waals surface area contributed by atoms with E-state index in [1.165, 1.54) is 0 Å². The molecule has 0 bridgehead atoms. The maximum Gasteiger partial charge on any atom is 0.338 e. The second-order valence-electron chi connectivity index (χ2n) is 6.32. The van der Waals surface area contributed by atoms with Crippen molar-refractivity contribution in [3.8, 4) is 11.1 Å². The van der Waals surface area contributed by atoms with Crippen LogP contribution in [0.15, 0.2) is 48.2 Å². The summed E-state index contributed by atoms with van der Waals surface area (Å²) in [6, 6.07) is 14.1. The van der Waals surface area contributed by atoms with E-state index in [9.17, 15) is 9.59 Å². The molecule has 3 aromatic rings. The lowest BCUT2D eigenvalue weighted by atomic mass is 9.99. The standard InChI is InChI=1S/C20H12N2O3S2/c23-18-16(21-20(26)22-18)8-14-7-12-5-11(2-4-17(12)27-14)10-1-3-15-13(6-10)9-25-19(15)24/h1-8H,9H2,(H2,21,22,23,26)/b16-8-. The van der Waals surface area contributed by atoms with Crippen LogP contribution in [-0.2, 0) is 16.1 Å². The van der Waals surface area contributed by atoms with Crippen molar-refractivity contribution in [3.63, 3.8) is 0 Å². The summed E-state index contributed by atoms with van der Waals surface area (Å²) in [6.45, 7) is 0.331. The molecular weight excluding hydrogens is 380 g/mol. The van der Waals surface area contributed by atoms with Crippen molar-refractivity contribution in [2.45, 2.75) is 6.61 Å². The van der Waals surface area contributed by atoms with Gasteiger partial charge in [-0.1, -0.05) is 12.1 Å². The number of thiocarbonyl (C=S) groups is 1. The summed E-state index contributed by atoms with van der Waals surface area (Å²) in [5.74, 6) is -0.473. The Balaban J connectivity index is 1.51. The Labute approximate surface area is 163 Å². The first-order valence-corrected chi connectivity index (χ1v) is 9.47. The van der Waals surface area contributed by atoms with Gasteiger partial charge >= 0.3 is 5.97 Å². The third-order valence-corrected chi connectivity index (χ3v) is 5.83. The molecule has 0 saturated carbocycles. The Bertz CT molecular complexity index is 1190. The second kappa shape index (κ2) is 6.00. The highest BCUT2D eigenvalue weighted by Gasteiger charge is 2.22. The number of rotatable bonds is 2. The first kappa shape index (κ1) is 16.2. The van der Waals surface area contributed by atoms with Crippen LogP contribution in [0, 0.1) is 0 Å². The van der Waals surface area contributed by atoms with Gasteiger partial charge in [-0.25, -0.2) is 4.79 Å². The van der Waals surface area contributed by atoms with Crippen LogP contribution in [0.25, 0.3) is 27.3 Å². The number of amides is 1. The van der Waals surface area contributed by atoms with Gasteiger partial charge in [0.1, 0.15) is 12.3 Å². The lowest BCUT2D eigenvalue weighted by molar-refractivity contribution is -0.115. The largest absolute Gasteiger partial charge is 0.457 e. The number of benzene rings is 2. The summed E-state index contributed by atoms with van der Waals surface area (Å²) >= 11 is 6.56. The first-order chi connectivity index (χ1) is 13.1. The van der Waals surface area contributed by atoms with Gasteiger partial charge in [-0.05, 0) is 65.1 Å². The number of thiophene rings is 1. The smallest absolute Gasteiger partial charge is 0.338 e. The molecule has 132 valence electrons. The van der Waals surface area contributed by atoms with Gasteiger partial charge in [-0.2, -0.15) is 0 Å². The molecule has 2 aliphatic heterocycles. The fourth-order valence-corrected chi connectivity index (χ4v) is 4.44. The molecule has 5 nitrogen and oxygen atoms in total. The van der Waals surface area contributed by atoms with Crippen LogP contribution in [0.5, 0.6) is 0 Å². The summed E-state index contributed by atoms with van der Waals surface area (Å²) in [4.78, 5) is 24.4. The van der Waals surface area contributed by atoms with E-state index in [2.05, 4.69) is 28.8 Å². The Kier molecular flexibility index (Phi) is 3.60. The molecular formula is C20H12N2O3S2. The molecule has 3 heterocycles. The third-order valence-electron chi connectivity index (χ3n) is 4.56. The van der Waals surface area contributed by atoms with Crippen molar-refractivity contribution >= 4 is 56.7 Å². The van der Waals surface area contributed by atoms with E-state index < -0.39 is 0 Å². The first-order valence-electron chi connectivity index (χ1n) is 8.25. The van der Waals surface area contributed by atoms with Crippen molar-refractivity contribution in [3.05, 3.63) is 64.2 Å². The summed E-state index contributed by atoms with van der Waals surface area (Å²) in [7, 11) is 0. The van der Waals surface area contributed by atoms with Crippen molar-refractivity contribution in [1.29, 1.82) is 0 Å². The van der Waals surface area contributed by atoms with Gasteiger partial charge in [-0.15, -0.1) is 11.3 Å². The molecule has 0 aliphatic carbocycles. The van der Waals surface area contributed by atoms with Crippen LogP contribution in [0.3, 0.4) is 0 Å².